The van der Waals surface area contributed by atoms with Crippen LogP contribution >= 0.6 is 0 Å². The van der Waals surface area contributed by atoms with Crippen LogP contribution in [0.2, 0.25) is 0 Å². The molecule has 0 aromatic carbocycles. The maximum Gasteiger partial charge on any atom is 0.0755 e. The first kappa shape index (κ1) is 11.4. The quantitative estimate of drug-likeness (QED) is 0.729. The molecule has 15 heavy (non-hydrogen) atoms. The molecule has 1 N–H and O–H groups in total. The molecule has 0 radical (unpaired) electrons. The Kier molecular flexibility index (Phi) is 4.04. The van der Waals surface area contributed by atoms with Crippen LogP contribution in [0.25, 0.3) is 0 Å². The zero-order valence-corrected chi connectivity index (χ0v) is 10.2. The lowest BCUT2D eigenvalue weighted by atomic mass is 9.91. The van der Waals surface area contributed by atoms with Gasteiger partial charge in [0, 0.05) is 13.2 Å². The van der Waals surface area contributed by atoms with Crippen LogP contribution in [-0.4, -0.2) is 25.8 Å². The van der Waals surface area contributed by atoms with Crippen molar-refractivity contribution in [3.8, 4) is 0 Å². The molecule has 2 rings (SSSR count). The Bertz CT molecular complexity index is 185. The molecule has 0 bridgehead atoms. The van der Waals surface area contributed by atoms with Crippen molar-refractivity contribution in [1.82, 2.24) is 5.32 Å². The van der Waals surface area contributed by atoms with Crippen molar-refractivity contribution in [3.63, 3.8) is 0 Å². The van der Waals surface area contributed by atoms with Crippen molar-refractivity contribution in [2.75, 3.05) is 13.7 Å². The van der Waals surface area contributed by atoms with E-state index in [1.807, 2.05) is 7.11 Å². The predicted octanol–water partition coefficient (Wildman–Crippen LogP) is 2.58. The number of nitrogens with one attached hydrogen (secondary N) is 1. The van der Waals surface area contributed by atoms with Crippen LogP contribution in [0.15, 0.2) is 0 Å². The van der Waals surface area contributed by atoms with E-state index >= 15 is 0 Å². The summed E-state index contributed by atoms with van der Waals surface area (Å²) in [4.78, 5) is 0. The first-order valence-electron chi connectivity index (χ1n) is 6.63. The summed E-state index contributed by atoms with van der Waals surface area (Å²) in [5.74, 6) is 1.72. The minimum absolute atomic E-state index is 0.480. The topological polar surface area (TPSA) is 21.3 Å². The van der Waals surface area contributed by atoms with E-state index in [9.17, 15) is 0 Å². The van der Waals surface area contributed by atoms with Gasteiger partial charge in [0.25, 0.3) is 0 Å². The van der Waals surface area contributed by atoms with Crippen LogP contribution in [-0.2, 0) is 4.74 Å². The molecule has 2 heteroatoms. The molecule has 2 atom stereocenters. The summed E-state index contributed by atoms with van der Waals surface area (Å²) in [7, 11) is 1.89. The van der Waals surface area contributed by atoms with E-state index in [1.54, 1.807) is 0 Å². The van der Waals surface area contributed by atoms with Crippen LogP contribution < -0.4 is 5.32 Å². The summed E-state index contributed by atoms with van der Waals surface area (Å²) < 4.78 is 5.74. The van der Waals surface area contributed by atoms with Crippen molar-refractivity contribution >= 4 is 0 Å². The van der Waals surface area contributed by atoms with Gasteiger partial charge in [-0.2, -0.15) is 0 Å². The average Bonchev–Trinajstić information content (AvgIpc) is 2.94. The van der Waals surface area contributed by atoms with Gasteiger partial charge in [-0.25, -0.2) is 0 Å². The van der Waals surface area contributed by atoms with Crippen LogP contribution in [0.5, 0.6) is 0 Å². The SMILES string of the molecule is CCNC(C1CCCC1)C(OC)C1CC1. The summed E-state index contributed by atoms with van der Waals surface area (Å²) in [5, 5.41) is 3.67. The molecule has 0 aromatic heterocycles. The molecule has 2 aliphatic carbocycles. The Labute approximate surface area is 93.8 Å². The van der Waals surface area contributed by atoms with Gasteiger partial charge in [0.1, 0.15) is 0 Å². The molecular formula is C13H25NO. The highest BCUT2D eigenvalue weighted by molar-refractivity contribution is 4.94. The van der Waals surface area contributed by atoms with E-state index in [2.05, 4.69) is 12.2 Å². The molecule has 0 saturated heterocycles. The number of rotatable bonds is 6. The lowest BCUT2D eigenvalue weighted by molar-refractivity contribution is 0.0325. The third-order valence-corrected chi connectivity index (χ3v) is 4.06. The summed E-state index contributed by atoms with van der Waals surface area (Å²) in [5.41, 5.74) is 0. The lowest BCUT2D eigenvalue weighted by Crippen LogP contribution is -2.46. The van der Waals surface area contributed by atoms with Crippen LogP contribution in [0.4, 0.5) is 0 Å². The monoisotopic (exact) mass is 211 g/mol. The molecule has 2 nitrogen and oxygen atoms in total. The van der Waals surface area contributed by atoms with Gasteiger partial charge in [-0.3, -0.25) is 0 Å². The first-order valence-corrected chi connectivity index (χ1v) is 6.63. The number of hydrogen-bond donors (Lipinski definition) is 1. The van der Waals surface area contributed by atoms with Gasteiger partial charge in [-0.1, -0.05) is 19.8 Å². The van der Waals surface area contributed by atoms with Crippen molar-refractivity contribution in [2.45, 2.75) is 57.6 Å². The van der Waals surface area contributed by atoms with Gasteiger partial charge in [-0.15, -0.1) is 0 Å². The minimum Gasteiger partial charge on any atom is -0.380 e. The standard InChI is InChI=1S/C13H25NO/c1-3-14-12(10-6-4-5-7-10)13(15-2)11-8-9-11/h10-14H,3-9H2,1-2H3. The van der Waals surface area contributed by atoms with Gasteiger partial charge >= 0.3 is 0 Å². The number of ether oxygens (including phenoxy) is 1. The Morgan fingerprint density at radius 3 is 2.27 bits per heavy atom. The number of likely N-dealkylation sites (N-methyl/N-ethyl adjacent to an activating group) is 1. The second-order valence-electron chi connectivity index (χ2n) is 5.17. The Balaban J connectivity index is 1.95. The Morgan fingerprint density at radius 2 is 1.80 bits per heavy atom. The molecule has 2 saturated carbocycles. The summed E-state index contributed by atoms with van der Waals surface area (Å²) >= 11 is 0. The number of hydrogen-bond acceptors (Lipinski definition) is 2. The molecule has 0 aromatic rings. The fourth-order valence-corrected chi connectivity index (χ4v) is 3.16. The van der Waals surface area contributed by atoms with Crippen LogP contribution in [0.3, 0.4) is 0 Å². The maximum atomic E-state index is 5.74. The molecule has 0 heterocycles. The van der Waals surface area contributed by atoms with Gasteiger partial charge in [0.2, 0.25) is 0 Å². The third-order valence-electron chi connectivity index (χ3n) is 4.06. The van der Waals surface area contributed by atoms with Crippen molar-refractivity contribution in [2.24, 2.45) is 11.8 Å². The summed E-state index contributed by atoms with van der Waals surface area (Å²) in [6, 6.07) is 0.620. The average molecular weight is 211 g/mol. The van der Waals surface area contributed by atoms with E-state index in [4.69, 9.17) is 4.74 Å². The molecule has 2 aliphatic rings. The summed E-state index contributed by atoms with van der Waals surface area (Å²) in [6.45, 7) is 3.29. The second-order valence-corrected chi connectivity index (χ2v) is 5.17. The Morgan fingerprint density at radius 1 is 1.13 bits per heavy atom. The molecule has 88 valence electrons. The second kappa shape index (κ2) is 5.31. The summed E-state index contributed by atoms with van der Waals surface area (Å²) in [6.07, 6.45) is 8.91. The fraction of sp³-hybridized carbons (Fsp3) is 1.00. The van der Waals surface area contributed by atoms with E-state index < -0.39 is 0 Å². The fourth-order valence-electron chi connectivity index (χ4n) is 3.16. The van der Waals surface area contributed by atoms with Crippen LogP contribution in [0.1, 0.15) is 45.4 Å². The largest absolute Gasteiger partial charge is 0.380 e. The van der Waals surface area contributed by atoms with E-state index in [0.717, 1.165) is 18.4 Å². The lowest BCUT2D eigenvalue weighted by Gasteiger charge is -2.31. The van der Waals surface area contributed by atoms with Gasteiger partial charge in [-0.05, 0) is 44.1 Å². The van der Waals surface area contributed by atoms with Crippen molar-refractivity contribution < 1.29 is 4.74 Å². The molecule has 2 fully saturated rings. The predicted molar refractivity (Wildman–Crippen MR) is 62.9 cm³/mol. The van der Waals surface area contributed by atoms with E-state index in [0.29, 0.717) is 12.1 Å². The molecule has 0 amide bonds. The van der Waals surface area contributed by atoms with Gasteiger partial charge in [0.15, 0.2) is 0 Å². The molecule has 0 aliphatic heterocycles. The first-order chi connectivity index (χ1) is 7.36. The minimum atomic E-state index is 0.480. The zero-order chi connectivity index (χ0) is 10.7. The highest BCUT2D eigenvalue weighted by Gasteiger charge is 2.40. The Hall–Kier alpha value is -0.0800. The van der Waals surface area contributed by atoms with Gasteiger partial charge in [0.05, 0.1) is 6.10 Å². The van der Waals surface area contributed by atoms with Gasteiger partial charge < -0.3 is 10.1 Å². The third kappa shape index (κ3) is 2.73. The molecule has 2 unspecified atom stereocenters. The van der Waals surface area contributed by atoms with Crippen molar-refractivity contribution in [1.29, 1.82) is 0 Å². The zero-order valence-electron chi connectivity index (χ0n) is 10.2. The molecular weight excluding hydrogens is 186 g/mol. The van der Waals surface area contributed by atoms with E-state index in [1.165, 1.54) is 38.5 Å². The molecule has 0 spiro atoms. The van der Waals surface area contributed by atoms with Crippen LogP contribution in [0, 0.1) is 11.8 Å². The highest BCUT2D eigenvalue weighted by atomic mass is 16.5. The maximum absolute atomic E-state index is 5.74. The smallest absolute Gasteiger partial charge is 0.0755 e. The highest BCUT2D eigenvalue weighted by Crippen LogP contribution is 2.40. The van der Waals surface area contributed by atoms with Crippen molar-refractivity contribution in [3.05, 3.63) is 0 Å². The number of methoxy groups -OCH3 is 1. The van der Waals surface area contributed by atoms with E-state index in [-0.39, 0.29) is 0 Å². The normalized spacial score (nSPS) is 26.8.